The summed E-state index contributed by atoms with van der Waals surface area (Å²) in [6.07, 6.45) is 1.01. The van der Waals surface area contributed by atoms with Crippen molar-refractivity contribution in [2.45, 2.75) is 17.5 Å². The van der Waals surface area contributed by atoms with Crippen LogP contribution in [-0.2, 0) is 44.7 Å². The lowest BCUT2D eigenvalue weighted by atomic mass is 10.0. The van der Waals surface area contributed by atoms with E-state index in [4.69, 9.17) is 9.57 Å². The number of hydrogen-bond donors (Lipinski definition) is 3. The third kappa shape index (κ3) is 7.84. The van der Waals surface area contributed by atoms with Crippen LogP contribution in [0.2, 0.25) is 0 Å². The quantitative estimate of drug-likeness (QED) is 0.0575. The second-order valence-corrected chi connectivity index (χ2v) is 15.1. The summed E-state index contributed by atoms with van der Waals surface area (Å²) < 4.78 is 19.2. The number of rotatable bonds is 13. The average Bonchev–Trinajstić information content (AvgIpc) is 3.52. The van der Waals surface area contributed by atoms with Gasteiger partial charge < -0.3 is 29.9 Å². The van der Waals surface area contributed by atoms with Crippen LogP contribution in [-0.4, -0.2) is 79.2 Å². The third-order valence-corrected chi connectivity index (χ3v) is 9.71. The summed E-state index contributed by atoms with van der Waals surface area (Å²) in [6.45, 7) is -0.717. The first kappa shape index (κ1) is 35.0. The number of benzene rings is 2. The molecule has 3 heterocycles. The summed E-state index contributed by atoms with van der Waals surface area (Å²) in [6, 6.07) is 16.7. The van der Waals surface area contributed by atoms with Crippen molar-refractivity contribution in [3.8, 4) is 0 Å². The van der Waals surface area contributed by atoms with Gasteiger partial charge >= 0.3 is 11.9 Å². The van der Waals surface area contributed by atoms with E-state index in [-0.39, 0.29) is 27.8 Å². The van der Waals surface area contributed by atoms with Gasteiger partial charge in [-0.25, -0.2) is 14.6 Å². The average molecular weight is 821 g/mol. The first-order chi connectivity index (χ1) is 23.1. The number of nitrogens with one attached hydrogen (secondary N) is 2. The highest BCUT2D eigenvalue weighted by molar-refractivity contribution is 9.28. The maximum Gasteiger partial charge on any atom is 0.353 e. The van der Waals surface area contributed by atoms with Gasteiger partial charge in [0.1, 0.15) is 17.1 Å². The molecule has 14 nitrogen and oxygen atoms in total. The van der Waals surface area contributed by atoms with Gasteiger partial charge in [0, 0.05) is 11.0 Å². The molecule has 2 aliphatic heterocycles. The largest absolute Gasteiger partial charge is 0.614 e. The summed E-state index contributed by atoms with van der Waals surface area (Å²) in [5.41, 5.74) is 0.643. The molecule has 3 atom stereocenters. The summed E-state index contributed by atoms with van der Waals surface area (Å²) >= 11 is 5.44. The fourth-order valence-electron chi connectivity index (χ4n) is 4.86. The molecule has 3 aromatic rings. The van der Waals surface area contributed by atoms with Crippen LogP contribution in [0, 0.1) is 0 Å². The summed E-state index contributed by atoms with van der Waals surface area (Å²) in [4.78, 5) is 72.8. The highest BCUT2D eigenvalue weighted by Crippen LogP contribution is 2.38. The first-order valence-corrected chi connectivity index (χ1v) is 17.6. The molecule has 0 saturated carbocycles. The van der Waals surface area contributed by atoms with E-state index >= 15 is 0 Å². The number of hydrogen-bond acceptors (Lipinski definition) is 11. The molecule has 5 rings (SSSR count). The molecule has 0 spiro atoms. The molecule has 2 unspecified atom stereocenters. The van der Waals surface area contributed by atoms with Crippen molar-refractivity contribution in [3.05, 3.63) is 104 Å². The van der Waals surface area contributed by atoms with E-state index in [2.05, 4.69) is 52.6 Å². The molecule has 0 bridgehead atoms. The number of carbonyl (C=O) groups is 5. The minimum Gasteiger partial charge on any atom is -0.614 e. The summed E-state index contributed by atoms with van der Waals surface area (Å²) in [7, 11) is 0. The molecule has 248 valence electrons. The summed E-state index contributed by atoms with van der Waals surface area (Å²) in [5, 5.41) is 18.7. The van der Waals surface area contributed by atoms with Gasteiger partial charge in [0.15, 0.2) is 23.0 Å². The molecule has 1 fully saturated rings. The van der Waals surface area contributed by atoms with Crippen molar-refractivity contribution in [1.82, 2.24) is 15.2 Å². The SMILES string of the molecule is O=CNc1nc(/C(=N\OCC(=O)OC(c2ccccc2)c2ccccc2)C(=O)NC2C(=O)N3C(C(=O)O)=C(C=C(Br)Br)C[S+]([O-])[C@H]23)cs1. The lowest BCUT2D eigenvalue weighted by molar-refractivity contribution is -0.153. The first-order valence-electron chi connectivity index (χ1n) is 13.7. The van der Waals surface area contributed by atoms with E-state index in [1.54, 1.807) is 48.5 Å². The topological polar surface area (TPSA) is 200 Å². The maximum absolute atomic E-state index is 13.5. The fraction of sp³-hybridized carbons (Fsp3) is 0.167. The van der Waals surface area contributed by atoms with Crippen LogP contribution in [0.25, 0.3) is 0 Å². The minimum atomic E-state index is -1.80. The molecule has 1 saturated heterocycles. The zero-order valence-corrected chi connectivity index (χ0v) is 29.1. The number of amides is 3. The van der Waals surface area contributed by atoms with Crippen molar-refractivity contribution < 1.29 is 43.2 Å². The van der Waals surface area contributed by atoms with Crippen LogP contribution in [0.15, 0.2) is 91.9 Å². The molecule has 1 aromatic heterocycles. The number of oxime groups is 1. The number of nitrogens with zero attached hydrogens (tertiary/aromatic N) is 3. The number of ether oxygens (including phenoxy) is 1. The van der Waals surface area contributed by atoms with Gasteiger partial charge in [0.05, 0.1) is 3.39 Å². The maximum atomic E-state index is 13.5. The highest BCUT2D eigenvalue weighted by Gasteiger charge is 2.61. The molecule has 0 radical (unpaired) electrons. The van der Waals surface area contributed by atoms with Crippen LogP contribution in [0.3, 0.4) is 0 Å². The number of aromatic nitrogens is 1. The second-order valence-electron chi connectivity index (χ2n) is 9.89. The Morgan fingerprint density at radius 2 is 1.79 bits per heavy atom. The molecule has 3 N–H and O–H groups in total. The zero-order valence-electron chi connectivity index (χ0n) is 24.3. The van der Waals surface area contributed by atoms with Gasteiger partial charge in [0.2, 0.25) is 18.4 Å². The Bertz CT molecular complexity index is 1780. The van der Waals surface area contributed by atoms with Gasteiger partial charge in [-0.3, -0.25) is 19.3 Å². The van der Waals surface area contributed by atoms with Crippen molar-refractivity contribution in [2.24, 2.45) is 5.16 Å². The number of carbonyl (C=O) groups excluding carboxylic acids is 4. The number of β-lactam (4-membered cyclic amide) rings is 1. The number of anilines is 1. The van der Waals surface area contributed by atoms with Crippen LogP contribution < -0.4 is 10.6 Å². The van der Waals surface area contributed by atoms with Crippen molar-refractivity contribution in [2.75, 3.05) is 17.7 Å². The Hall–Kier alpha value is -4.36. The van der Waals surface area contributed by atoms with Crippen molar-refractivity contribution >= 4 is 95.4 Å². The number of allylic oxidation sites excluding steroid dienone is 1. The van der Waals surface area contributed by atoms with Gasteiger partial charge in [-0.05, 0) is 60.2 Å². The Morgan fingerprint density at radius 3 is 2.38 bits per heavy atom. The van der Waals surface area contributed by atoms with Crippen LogP contribution >= 0.6 is 43.2 Å². The number of carboxylic acids is 1. The Labute approximate surface area is 296 Å². The zero-order chi connectivity index (χ0) is 34.4. The van der Waals surface area contributed by atoms with Gasteiger partial charge in [-0.1, -0.05) is 65.8 Å². The lowest BCUT2D eigenvalue weighted by Crippen LogP contribution is -2.75. The smallest absolute Gasteiger partial charge is 0.353 e. The number of esters is 1. The molecule has 2 aliphatic rings. The van der Waals surface area contributed by atoms with E-state index in [1.807, 2.05) is 12.1 Å². The fourth-order valence-corrected chi connectivity index (χ4v) is 7.70. The third-order valence-electron chi connectivity index (χ3n) is 6.86. The predicted molar refractivity (Wildman–Crippen MR) is 181 cm³/mol. The van der Waals surface area contributed by atoms with E-state index in [0.717, 1.165) is 16.2 Å². The normalized spacial score (nSPS) is 18.8. The molecular weight excluding hydrogens is 798 g/mol. The number of fused-ring (bicyclic) bond motifs is 1. The Kier molecular flexibility index (Phi) is 11.4. The van der Waals surface area contributed by atoms with Gasteiger partial charge in [-0.15, -0.1) is 11.3 Å². The molecule has 0 aliphatic carbocycles. The van der Waals surface area contributed by atoms with Crippen molar-refractivity contribution in [3.63, 3.8) is 0 Å². The van der Waals surface area contributed by atoms with Crippen LogP contribution in [0.5, 0.6) is 0 Å². The molecule has 3 amide bonds. The van der Waals surface area contributed by atoms with Gasteiger partial charge in [-0.2, -0.15) is 0 Å². The Morgan fingerprint density at radius 1 is 1.15 bits per heavy atom. The van der Waals surface area contributed by atoms with E-state index in [9.17, 15) is 33.6 Å². The lowest BCUT2D eigenvalue weighted by Gasteiger charge is -2.48. The van der Waals surface area contributed by atoms with E-state index in [0.29, 0.717) is 20.9 Å². The molecule has 48 heavy (non-hydrogen) atoms. The molecule has 2 aromatic carbocycles. The number of halogens is 2. The van der Waals surface area contributed by atoms with Crippen LogP contribution in [0.1, 0.15) is 22.9 Å². The summed E-state index contributed by atoms with van der Waals surface area (Å²) in [5.74, 6) is -4.23. The van der Waals surface area contributed by atoms with E-state index in [1.165, 1.54) is 11.5 Å². The monoisotopic (exact) mass is 819 g/mol. The minimum absolute atomic E-state index is 0.0734. The standard InChI is InChI=1S/C30H23Br2N5O9S2/c31-20(32)11-18-14-48(44)28-23(27(41)37(28)24(18)29(42)43)35-26(40)22(19-13-47-30(34-19)33-15-38)36-45-12-21(39)46-25(16-7-3-1-4-8-16)17-9-5-2-6-10-17/h1-11,13,15,23,25,28H,12,14H2,(H,35,40)(H,42,43)(H,33,34,38)/b36-22+/t23?,28-,48?/m1/s1. The number of aliphatic carboxylic acids is 1. The highest BCUT2D eigenvalue weighted by atomic mass is 79.9. The molecular formula is C30H23Br2N5O9S2. The predicted octanol–water partition coefficient (Wildman–Crippen LogP) is 3.15. The van der Waals surface area contributed by atoms with Gasteiger partial charge in [0.25, 0.3) is 11.8 Å². The Balaban J connectivity index is 1.34. The van der Waals surface area contributed by atoms with Crippen LogP contribution in [0.4, 0.5) is 5.13 Å². The second kappa shape index (κ2) is 15.7. The van der Waals surface area contributed by atoms with Crippen molar-refractivity contribution in [1.29, 1.82) is 0 Å². The van der Waals surface area contributed by atoms with E-state index < -0.39 is 64.8 Å². The number of thiazole rings is 1. The number of carboxylic acid groups (broad SMARTS) is 1. The molecule has 18 heteroatoms.